The van der Waals surface area contributed by atoms with Gasteiger partial charge in [-0.25, -0.2) is 4.99 Å². The van der Waals surface area contributed by atoms with Gasteiger partial charge in [0.1, 0.15) is 5.75 Å². The number of nitrogens with zero attached hydrogens (tertiary/aromatic N) is 2. The monoisotopic (exact) mass is 517 g/mol. The number of ether oxygens (including phenoxy) is 1. The molecule has 0 radical (unpaired) electrons. The topological polar surface area (TPSA) is 92.0 Å². The summed E-state index contributed by atoms with van der Waals surface area (Å²) in [5.74, 6) is 0.935. The number of rotatable bonds is 9. The van der Waals surface area contributed by atoms with E-state index in [1.807, 2.05) is 18.2 Å². The Morgan fingerprint density at radius 3 is 2.62 bits per heavy atom. The summed E-state index contributed by atoms with van der Waals surface area (Å²) in [5.41, 5.74) is 6.22. The largest absolute Gasteiger partial charge is 0.484 e. The lowest BCUT2D eigenvalue weighted by molar-refractivity contribution is -0.119. The Morgan fingerprint density at radius 2 is 1.97 bits per heavy atom. The van der Waals surface area contributed by atoms with Gasteiger partial charge in [0.2, 0.25) is 0 Å². The van der Waals surface area contributed by atoms with Gasteiger partial charge in [-0.1, -0.05) is 18.6 Å². The Balaban J connectivity index is 0.00000420. The number of nitrogens with one attached hydrogen (secondary N) is 2. The molecule has 1 saturated heterocycles. The minimum absolute atomic E-state index is 0. The van der Waals surface area contributed by atoms with Crippen LogP contribution in [0.25, 0.3) is 0 Å². The second-order valence-corrected chi connectivity index (χ2v) is 7.81. The number of nitrogens with two attached hydrogens (primary N) is 1. The zero-order valence-corrected chi connectivity index (χ0v) is 20.2. The van der Waals surface area contributed by atoms with Crippen LogP contribution in [0.1, 0.15) is 45.6 Å². The van der Waals surface area contributed by atoms with E-state index in [-0.39, 0.29) is 36.1 Å². The smallest absolute Gasteiger partial charge is 0.255 e. The van der Waals surface area contributed by atoms with Crippen LogP contribution in [-0.4, -0.2) is 55.1 Å². The number of guanidine groups is 1. The quantitative estimate of drug-likeness (QED) is 0.266. The Labute approximate surface area is 191 Å². The van der Waals surface area contributed by atoms with Crippen molar-refractivity contribution in [1.29, 1.82) is 0 Å². The molecule has 164 valence electrons. The maximum Gasteiger partial charge on any atom is 0.255 e. The minimum atomic E-state index is -0.488. The first-order chi connectivity index (χ1) is 13.4. The normalized spacial score (nSPS) is 15.3. The summed E-state index contributed by atoms with van der Waals surface area (Å²) >= 11 is 0. The number of amides is 1. The fraction of sp³-hybridized carbons (Fsp3) is 0.619. The molecule has 0 aliphatic carbocycles. The first-order valence-electron chi connectivity index (χ1n) is 10.2. The number of carbonyl (C=O) groups is 1. The molecular weight excluding hydrogens is 481 g/mol. The number of likely N-dealkylation sites (tertiary alicyclic amines) is 1. The van der Waals surface area contributed by atoms with E-state index >= 15 is 0 Å². The van der Waals surface area contributed by atoms with Gasteiger partial charge < -0.3 is 21.1 Å². The van der Waals surface area contributed by atoms with Crippen LogP contribution in [0, 0.1) is 0 Å². The van der Waals surface area contributed by atoms with E-state index in [2.05, 4.69) is 36.3 Å². The average Bonchev–Trinajstić information content (AvgIpc) is 2.69. The van der Waals surface area contributed by atoms with Crippen molar-refractivity contribution in [3.63, 3.8) is 0 Å². The van der Waals surface area contributed by atoms with Gasteiger partial charge in [-0.15, -0.1) is 24.0 Å². The molecule has 0 saturated carbocycles. The highest BCUT2D eigenvalue weighted by molar-refractivity contribution is 14.0. The number of primary amides is 1. The predicted octanol–water partition coefficient (Wildman–Crippen LogP) is 2.49. The summed E-state index contributed by atoms with van der Waals surface area (Å²) in [4.78, 5) is 18.1. The lowest BCUT2D eigenvalue weighted by Gasteiger charge is -2.41. The maximum atomic E-state index is 10.9. The molecule has 29 heavy (non-hydrogen) atoms. The third-order valence-electron chi connectivity index (χ3n) is 4.94. The molecule has 1 aliphatic heterocycles. The summed E-state index contributed by atoms with van der Waals surface area (Å²) in [5, 5.41) is 6.80. The first-order valence-corrected chi connectivity index (χ1v) is 10.2. The highest BCUT2D eigenvalue weighted by Gasteiger charge is 2.27. The number of benzene rings is 1. The first kappa shape index (κ1) is 25.5. The van der Waals surface area contributed by atoms with E-state index in [1.165, 1.54) is 32.4 Å². The van der Waals surface area contributed by atoms with Crippen molar-refractivity contribution < 1.29 is 9.53 Å². The van der Waals surface area contributed by atoms with Crippen molar-refractivity contribution in [3.8, 4) is 5.75 Å². The number of aliphatic imine (C=N–C) groups is 1. The Morgan fingerprint density at radius 1 is 1.24 bits per heavy atom. The SMILES string of the molecule is CCNC(=NCc1cccc(OCC(N)=O)c1)NCC(C)(C)N1CCCCC1.I. The number of hydrogen-bond acceptors (Lipinski definition) is 4. The minimum Gasteiger partial charge on any atom is -0.484 e. The number of carbonyl (C=O) groups excluding carboxylic acids is 1. The van der Waals surface area contributed by atoms with Gasteiger partial charge in [0.25, 0.3) is 5.91 Å². The van der Waals surface area contributed by atoms with E-state index in [9.17, 15) is 4.79 Å². The van der Waals surface area contributed by atoms with Gasteiger partial charge in [0, 0.05) is 18.6 Å². The van der Waals surface area contributed by atoms with Crippen molar-refractivity contribution in [2.45, 2.75) is 52.1 Å². The van der Waals surface area contributed by atoms with Crippen LogP contribution in [0.4, 0.5) is 0 Å². The molecule has 1 fully saturated rings. The second-order valence-electron chi connectivity index (χ2n) is 7.81. The van der Waals surface area contributed by atoms with Gasteiger partial charge in [-0.3, -0.25) is 9.69 Å². The van der Waals surface area contributed by atoms with Crippen molar-refractivity contribution >= 4 is 35.8 Å². The van der Waals surface area contributed by atoms with Crippen LogP contribution >= 0.6 is 24.0 Å². The van der Waals surface area contributed by atoms with Crippen LogP contribution in [0.3, 0.4) is 0 Å². The van der Waals surface area contributed by atoms with E-state index in [1.54, 1.807) is 6.07 Å². The fourth-order valence-corrected chi connectivity index (χ4v) is 3.31. The molecule has 0 aromatic heterocycles. The standard InChI is InChI=1S/C21H35N5O2.HI/c1-4-23-20(25-16-21(2,3)26-11-6-5-7-12-26)24-14-17-9-8-10-18(13-17)28-15-19(22)27;/h8-10,13H,4-7,11-12,14-16H2,1-3H3,(H2,22,27)(H2,23,24,25);1H. The molecule has 1 heterocycles. The zero-order valence-electron chi connectivity index (χ0n) is 17.9. The van der Waals surface area contributed by atoms with Gasteiger partial charge in [0.15, 0.2) is 12.6 Å². The van der Waals surface area contributed by atoms with E-state index in [4.69, 9.17) is 15.5 Å². The van der Waals surface area contributed by atoms with Gasteiger partial charge in [-0.2, -0.15) is 0 Å². The molecule has 0 atom stereocenters. The molecule has 1 aliphatic rings. The number of piperidine rings is 1. The van der Waals surface area contributed by atoms with Gasteiger partial charge in [0.05, 0.1) is 6.54 Å². The molecule has 1 aromatic rings. The van der Waals surface area contributed by atoms with E-state index in [0.717, 1.165) is 24.6 Å². The van der Waals surface area contributed by atoms with Crippen molar-refractivity contribution in [2.24, 2.45) is 10.7 Å². The van der Waals surface area contributed by atoms with Crippen LogP contribution in [-0.2, 0) is 11.3 Å². The lowest BCUT2D eigenvalue weighted by Crippen LogP contribution is -2.54. The van der Waals surface area contributed by atoms with Crippen molar-refractivity contribution in [3.05, 3.63) is 29.8 Å². The highest BCUT2D eigenvalue weighted by Crippen LogP contribution is 2.20. The van der Waals surface area contributed by atoms with Crippen LogP contribution in [0.5, 0.6) is 5.75 Å². The van der Waals surface area contributed by atoms with Crippen LogP contribution in [0.15, 0.2) is 29.3 Å². The molecule has 0 spiro atoms. The molecular formula is C21H36IN5O2. The molecule has 2 rings (SSSR count). The van der Waals surface area contributed by atoms with E-state index in [0.29, 0.717) is 12.3 Å². The third kappa shape index (κ3) is 9.20. The van der Waals surface area contributed by atoms with Gasteiger partial charge >= 0.3 is 0 Å². The van der Waals surface area contributed by atoms with E-state index < -0.39 is 5.91 Å². The Hall–Kier alpha value is -1.55. The second kappa shape index (κ2) is 12.9. The van der Waals surface area contributed by atoms with Crippen molar-refractivity contribution in [2.75, 3.05) is 32.8 Å². The lowest BCUT2D eigenvalue weighted by atomic mass is 9.98. The molecule has 1 aromatic carbocycles. The van der Waals surface area contributed by atoms with Crippen LogP contribution < -0.4 is 21.1 Å². The number of halogens is 1. The summed E-state index contributed by atoms with van der Waals surface area (Å²) in [7, 11) is 0. The highest BCUT2D eigenvalue weighted by atomic mass is 127. The predicted molar refractivity (Wildman–Crippen MR) is 129 cm³/mol. The fourth-order valence-electron chi connectivity index (χ4n) is 3.31. The summed E-state index contributed by atoms with van der Waals surface area (Å²) < 4.78 is 5.36. The molecule has 7 nitrogen and oxygen atoms in total. The average molecular weight is 517 g/mol. The maximum absolute atomic E-state index is 10.9. The number of hydrogen-bond donors (Lipinski definition) is 3. The summed E-state index contributed by atoms with van der Waals surface area (Å²) in [6.45, 7) is 11.0. The zero-order chi connectivity index (χ0) is 20.4. The summed E-state index contributed by atoms with van der Waals surface area (Å²) in [6, 6.07) is 7.57. The molecule has 1 amide bonds. The third-order valence-corrected chi connectivity index (χ3v) is 4.94. The molecule has 4 N–H and O–H groups in total. The Kier molecular flexibility index (Phi) is 11.3. The summed E-state index contributed by atoms with van der Waals surface area (Å²) in [6.07, 6.45) is 3.91. The van der Waals surface area contributed by atoms with Gasteiger partial charge in [-0.05, 0) is 64.4 Å². The molecule has 0 unspecified atom stereocenters. The van der Waals surface area contributed by atoms with Crippen molar-refractivity contribution in [1.82, 2.24) is 15.5 Å². The van der Waals surface area contributed by atoms with Crippen LogP contribution in [0.2, 0.25) is 0 Å². The molecule has 8 heteroatoms. The Bertz CT molecular complexity index is 660. The molecule has 0 bridgehead atoms.